The molecule has 3 aromatic rings. The molecule has 0 amide bonds. The molecular weight excluding hydrogens is 249 g/mol. The minimum Gasteiger partial charge on any atom is -0.508 e. The monoisotopic (exact) mass is 261 g/mol. The van der Waals surface area contributed by atoms with E-state index in [1.165, 1.54) is 6.33 Å². The van der Waals surface area contributed by atoms with Crippen molar-refractivity contribution in [1.82, 2.24) is 9.97 Å². The number of aromatic hydroxyl groups is 1. The summed E-state index contributed by atoms with van der Waals surface area (Å²) >= 11 is 0. The molecule has 0 aliphatic rings. The molecule has 1 heterocycles. The van der Waals surface area contributed by atoms with E-state index in [2.05, 4.69) is 15.3 Å². The molecule has 0 atom stereocenters. The Balaban J connectivity index is 2.10. The largest absolute Gasteiger partial charge is 0.508 e. The molecule has 0 aliphatic heterocycles. The Bertz CT molecular complexity index is 789. The third-order valence-electron chi connectivity index (χ3n) is 3.13. The molecular formula is C15H12BN3O. The summed E-state index contributed by atoms with van der Waals surface area (Å²) in [4.78, 5) is 8.46. The Morgan fingerprint density at radius 3 is 2.80 bits per heavy atom. The van der Waals surface area contributed by atoms with Gasteiger partial charge in [-0.15, -0.1) is 0 Å². The lowest BCUT2D eigenvalue weighted by atomic mass is 9.95. The number of fused-ring (bicyclic) bond motifs is 1. The van der Waals surface area contributed by atoms with Gasteiger partial charge in [-0.2, -0.15) is 0 Å². The zero-order valence-electron chi connectivity index (χ0n) is 11.0. The van der Waals surface area contributed by atoms with E-state index >= 15 is 0 Å². The van der Waals surface area contributed by atoms with Crippen LogP contribution in [0.2, 0.25) is 0 Å². The lowest BCUT2D eigenvalue weighted by Gasteiger charge is -2.11. The van der Waals surface area contributed by atoms with Crippen molar-refractivity contribution in [2.75, 3.05) is 5.32 Å². The number of rotatable bonds is 2. The highest BCUT2D eigenvalue weighted by atomic mass is 16.3. The van der Waals surface area contributed by atoms with Gasteiger partial charge in [0.1, 0.15) is 25.7 Å². The Morgan fingerprint density at radius 1 is 1.10 bits per heavy atom. The Labute approximate surface area is 117 Å². The summed E-state index contributed by atoms with van der Waals surface area (Å²) in [6.07, 6.45) is 1.50. The molecule has 5 heteroatoms. The van der Waals surface area contributed by atoms with E-state index in [-0.39, 0.29) is 5.75 Å². The van der Waals surface area contributed by atoms with E-state index < -0.39 is 0 Å². The van der Waals surface area contributed by atoms with Crippen LogP contribution in [-0.2, 0) is 0 Å². The van der Waals surface area contributed by atoms with Gasteiger partial charge in [0.2, 0.25) is 0 Å². The van der Waals surface area contributed by atoms with Crippen LogP contribution < -0.4 is 10.8 Å². The van der Waals surface area contributed by atoms with Gasteiger partial charge in [0.25, 0.3) is 0 Å². The maximum absolute atomic E-state index is 9.58. The number of benzene rings is 2. The van der Waals surface area contributed by atoms with Gasteiger partial charge < -0.3 is 10.4 Å². The van der Waals surface area contributed by atoms with Crippen molar-refractivity contribution in [3.05, 3.63) is 48.3 Å². The molecule has 96 valence electrons. The average Bonchev–Trinajstić information content (AvgIpc) is 2.43. The number of nitrogens with zero attached hydrogens (tertiary/aromatic N) is 2. The van der Waals surface area contributed by atoms with E-state index in [1.54, 1.807) is 18.2 Å². The average molecular weight is 261 g/mol. The topological polar surface area (TPSA) is 58.0 Å². The Hall–Kier alpha value is -2.56. The highest BCUT2D eigenvalue weighted by Gasteiger charge is 2.06. The van der Waals surface area contributed by atoms with E-state index in [0.29, 0.717) is 11.3 Å². The molecule has 3 rings (SSSR count). The number of aryl methyl sites for hydroxylation is 1. The van der Waals surface area contributed by atoms with Crippen molar-refractivity contribution in [1.29, 1.82) is 0 Å². The van der Waals surface area contributed by atoms with Gasteiger partial charge in [0, 0.05) is 17.1 Å². The predicted octanol–water partition coefficient (Wildman–Crippen LogP) is 2.18. The lowest BCUT2D eigenvalue weighted by molar-refractivity contribution is 0.475. The highest BCUT2D eigenvalue weighted by Crippen LogP contribution is 2.26. The summed E-state index contributed by atoms with van der Waals surface area (Å²) in [5.74, 6) is 0.868. The molecule has 2 radical (unpaired) electrons. The summed E-state index contributed by atoms with van der Waals surface area (Å²) in [6.45, 7) is 1.96. The molecule has 0 saturated heterocycles. The zero-order chi connectivity index (χ0) is 14.1. The van der Waals surface area contributed by atoms with Crippen molar-refractivity contribution in [3.63, 3.8) is 0 Å². The van der Waals surface area contributed by atoms with Crippen LogP contribution in [0.1, 0.15) is 5.56 Å². The van der Waals surface area contributed by atoms with Gasteiger partial charge in [-0.25, -0.2) is 9.97 Å². The number of hydrogen-bond acceptors (Lipinski definition) is 4. The van der Waals surface area contributed by atoms with Crippen molar-refractivity contribution in [2.24, 2.45) is 0 Å². The van der Waals surface area contributed by atoms with Crippen LogP contribution >= 0.6 is 0 Å². The van der Waals surface area contributed by atoms with Gasteiger partial charge in [0.05, 0.1) is 5.52 Å². The van der Waals surface area contributed by atoms with Crippen LogP contribution in [-0.4, -0.2) is 22.9 Å². The quantitative estimate of drug-likeness (QED) is 0.694. The first-order chi connectivity index (χ1) is 9.63. The molecule has 0 spiro atoms. The predicted molar refractivity (Wildman–Crippen MR) is 81.1 cm³/mol. The van der Waals surface area contributed by atoms with Crippen molar-refractivity contribution in [2.45, 2.75) is 6.92 Å². The van der Waals surface area contributed by atoms with Gasteiger partial charge in [-0.05, 0) is 24.6 Å². The van der Waals surface area contributed by atoms with Crippen molar-refractivity contribution >= 4 is 35.7 Å². The van der Waals surface area contributed by atoms with E-state index in [4.69, 9.17) is 7.85 Å². The Kier molecular flexibility index (Phi) is 3.02. The molecule has 2 aromatic carbocycles. The highest BCUT2D eigenvalue weighted by molar-refractivity contribution is 6.33. The summed E-state index contributed by atoms with van der Waals surface area (Å²) < 4.78 is 0. The number of phenolic OH excluding ortho intramolecular Hbond substituents is 1. The minimum absolute atomic E-state index is 0.205. The van der Waals surface area contributed by atoms with Gasteiger partial charge in [-0.1, -0.05) is 23.7 Å². The molecule has 0 aliphatic carbocycles. The Morgan fingerprint density at radius 2 is 1.95 bits per heavy atom. The van der Waals surface area contributed by atoms with Crippen molar-refractivity contribution < 1.29 is 5.11 Å². The number of phenols is 1. The van der Waals surface area contributed by atoms with Crippen LogP contribution in [0.25, 0.3) is 10.9 Å². The van der Waals surface area contributed by atoms with Crippen molar-refractivity contribution in [3.8, 4) is 5.75 Å². The van der Waals surface area contributed by atoms with E-state index in [1.807, 2.05) is 25.1 Å². The standard InChI is InChI=1S/C15H12BN3O/c1-9-2-4-11(20)7-14(9)19-15-12-6-10(16)3-5-13(12)17-8-18-15/h2-8,20H,1H3,(H,17,18,19). The molecule has 0 saturated carbocycles. The van der Waals surface area contributed by atoms with Gasteiger partial charge in [0.15, 0.2) is 0 Å². The first-order valence-corrected chi connectivity index (χ1v) is 6.20. The number of anilines is 2. The fourth-order valence-corrected chi connectivity index (χ4v) is 2.05. The molecule has 0 bridgehead atoms. The fourth-order valence-electron chi connectivity index (χ4n) is 2.05. The molecule has 20 heavy (non-hydrogen) atoms. The van der Waals surface area contributed by atoms with Gasteiger partial charge >= 0.3 is 0 Å². The third-order valence-corrected chi connectivity index (χ3v) is 3.13. The van der Waals surface area contributed by atoms with E-state index in [9.17, 15) is 5.11 Å². The first-order valence-electron chi connectivity index (χ1n) is 6.20. The number of hydrogen-bond donors (Lipinski definition) is 2. The van der Waals surface area contributed by atoms with Crippen LogP contribution in [0.15, 0.2) is 42.7 Å². The SMILES string of the molecule is [B]c1ccc2ncnc(Nc3cc(O)ccc3C)c2c1. The summed E-state index contributed by atoms with van der Waals surface area (Å²) in [6, 6.07) is 10.6. The minimum atomic E-state index is 0.205. The molecule has 2 N–H and O–H groups in total. The van der Waals surface area contributed by atoms with Gasteiger partial charge in [-0.3, -0.25) is 0 Å². The van der Waals surface area contributed by atoms with Crippen LogP contribution in [0.5, 0.6) is 5.75 Å². The molecule has 0 fully saturated rings. The first kappa shape index (κ1) is 12.5. The zero-order valence-corrected chi connectivity index (χ0v) is 11.0. The maximum Gasteiger partial charge on any atom is 0.141 e. The van der Waals surface area contributed by atoms with Crippen LogP contribution in [0.3, 0.4) is 0 Å². The maximum atomic E-state index is 9.58. The summed E-state index contributed by atoms with van der Waals surface area (Å²) in [5.41, 5.74) is 3.28. The van der Waals surface area contributed by atoms with E-state index in [0.717, 1.165) is 22.2 Å². The second-order valence-electron chi connectivity index (χ2n) is 4.62. The fraction of sp³-hybridized carbons (Fsp3) is 0.0667. The molecule has 4 nitrogen and oxygen atoms in total. The number of aromatic nitrogens is 2. The summed E-state index contributed by atoms with van der Waals surface area (Å²) in [5, 5.41) is 13.6. The second kappa shape index (κ2) is 4.85. The number of nitrogens with one attached hydrogen (secondary N) is 1. The van der Waals surface area contributed by atoms with Crippen LogP contribution in [0, 0.1) is 6.92 Å². The molecule has 1 aromatic heterocycles. The van der Waals surface area contributed by atoms with Crippen LogP contribution in [0.4, 0.5) is 11.5 Å². The smallest absolute Gasteiger partial charge is 0.141 e. The normalized spacial score (nSPS) is 10.7. The lowest BCUT2D eigenvalue weighted by Crippen LogP contribution is -2.03. The molecule has 0 unspecified atom stereocenters. The third kappa shape index (κ3) is 2.30. The second-order valence-corrected chi connectivity index (χ2v) is 4.62. The summed E-state index contributed by atoms with van der Waals surface area (Å²) in [7, 11) is 5.82.